The van der Waals surface area contributed by atoms with Crippen LogP contribution in [0.4, 0.5) is 0 Å². The van der Waals surface area contributed by atoms with Crippen LogP contribution in [0.25, 0.3) is 0 Å². The second kappa shape index (κ2) is 6.03. The Morgan fingerprint density at radius 2 is 2.06 bits per heavy atom. The largest absolute Gasteiger partial charge is 0.481 e. The number of piperidine rings is 1. The van der Waals surface area contributed by atoms with Gasteiger partial charge in [-0.05, 0) is 44.4 Å². The average molecular weight is 251 g/mol. The van der Waals surface area contributed by atoms with Gasteiger partial charge in [-0.15, -0.1) is 0 Å². The summed E-state index contributed by atoms with van der Waals surface area (Å²) in [6.07, 6.45) is 8.88. The van der Waals surface area contributed by atoms with E-state index in [1.165, 1.54) is 25.0 Å². The standard InChI is InChI=1S/C14H21NO3/c16-13(8-3-9-14(17)18)15-10-4-6-11-5-1-2-7-12(11)15/h7,11H,1-6,8-10H2,(H,17,18). The summed E-state index contributed by atoms with van der Waals surface area (Å²) in [4.78, 5) is 24.5. The fourth-order valence-electron chi connectivity index (χ4n) is 2.97. The lowest BCUT2D eigenvalue weighted by Crippen LogP contribution is -2.38. The minimum absolute atomic E-state index is 0.0854. The first-order chi connectivity index (χ1) is 8.68. The third kappa shape index (κ3) is 3.12. The molecule has 0 aromatic rings. The maximum absolute atomic E-state index is 12.1. The Morgan fingerprint density at radius 1 is 1.28 bits per heavy atom. The molecule has 0 aromatic carbocycles. The third-order valence-electron chi connectivity index (χ3n) is 3.86. The highest BCUT2D eigenvalue weighted by Gasteiger charge is 2.29. The number of carboxylic acid groups (broad SMARTS) is 1. The van der Waals surface area contributed by atoms with Crippen molar-refractivity contribution in [2.75, 3.05) is 6.54 Å². The number of fused-ring (bicyclic) bond motifs is 1. The number of aliphatic carboxylic acids is 1. The molecule has 0 saturated carbocycles. The fourth-order valence-corrected chi connectivity index (χ4v) is 2.97. The number of carboxylic acids is 1. The first-order valence-corrected chi connectivity index (χ1v) is 6.90. The van der Waals surface area contributed by atoms with E-state index >= 15 is 0 Å². The Labute approximate surface area is 108 Å². The van der Waals surface area contributed by atoms with E-state index in [0.29, 0.717) is 18.8 Å². The number of allylic oxidation sites excluding steroid dienone is 2. The lowest BCUT2D eigenvalue weighted by Gasteiger charge is -2.38. The van der Waals surface area contributed by atoms with E-state index in [1.54, 1.807) is 0 Å². The van der Waals surface area contributed by atoms with E-state index in [1.807, 2.05) is 4.90 Å². The molecule has 1 atom stereocenters. The molecule has 0 bridgehead atoms. The van der Waals surface area contributed by atoms with Crippen molar-refractivity contribution in [1.29, 1.82) is 0 Å². The monoisotopic (exact) mass is 251 g/mol. The first-order valence-electron chi connectivity index (χ1n) is 6.90. The summed E-state index contributed by atoms with van der Waals surface area (Å²) in [6, 6.07) is 0. The van der Waals surface area contributed by atoms with Crippen molar-refractivity contribution in [2.45, 2.75) is 51.4 Å². The lowest BCUT2D eigenvalue weighted by atomic mass is 9.85. The molecule has 1 aliphatic carbocycles. The summed E-state index contributed by atoms with van der Waals surface area (Å²) < 4.78 is 0. The zero-order chi connectivity index (χ0) is 13.0. The molecule has 100 valence electrons. The van der Waals surface area contributed by atoms with Gasteiger partial charge < -0.3 is 10.0 Å². The van der Waals surface area contributed by atoms with Gasteiger partial charge in [-0.3, -0.25) is 9.59 Å². The number of amides is 1. The van der Waals surface area contributed by atoms with Crippen molar-refractivity contribution in [2.24, 2.45) is 5.92 Å². The number of carbonyl (C=O) groups is 2. The number of carbonyl (C=O) groups excluding carboxylic acids is 1. The number of nitrogens with zero attached hydrogens (tertiary/aromatic N) is 1. The quantitative estimate of drug-likeness (QED) is 0.835. The van der Waals surface area contributed by atoms with Crippen LogP contribution >= 0.6 is 0 Å². The molecule has 1 fully saturated rings. The SMILES string of the molecule is O=C(O)CCCC(=O)N1CCCC2CCCC=C21. The molecule has 1 heterocycles. The minimum Gasteiger partial charge on any atom is -0.481 e. The predicted octanol–water partition coefficient (Wildman–Crippen LogP) is 2.55. The summed E-state index contributed by atoms with van der Waals surface area (Å²) >= 11 is 0. The van der Waals surface area contributed by atoms with Gasteiger partial charge in [0.25, 0.3) is 0 Å². The number of hydrogen-bond donors (Lipinski definition) is 1. The Morgan fingerprint density at radius 3 is 2.83 bits per heavy atom. The maximum atomic E-state index is 12.1. The van der Waals surface area contributed by atoms with Crippen molar-refractivity contribution < 1.29 is 14.7 Å². The molecule has 0 radical (unpaired) electrons. The molecule has 4 nitrogen and oxygen atoms in total. The Kier molecular flexibility index (Phi) is 4.39. The van der Waals surface area contributed by atoms with Gasteiger partial charge in [-0.2, -0.15) is 0 Å². The molecule has 1 N–H and O–H groups in total. The molecule has 1 saturated heterocycles. The Bertz CT molecular complexity index is 362. The highest BCUT2D eigenvalue weighted by atomic mass is 16.4. The molecule has 1 amide bonds. The third-order valence-corrected chi connectivity index (χ3v) is 3.86. The smallest absolute Gasteiger partial charge is 0.303 e. The van der Waals surface area contributed by atoms with Crippen LogP contribution in [-0.2, 0) is 9.59 Å². The lowest BCUT2D eigenvalue weighted by molar-refractivity contribution is -0.137. The van der Waals surface area contributed by atoms with Gasteiger partial charge in [0.15, 0.2) is 0 Å². The van der Waals surface area contributed by atoms with Crippen molar-refractivity contribution >= 4 is 11.9 Å². The van der Waals surface area contributed by atoms with E-state index in [4.69, 9.17) is 5.11 Å². The molecule has 2 aliphatic rings. The maximum Gasteiger partial charge on any atom is 0.303 e. The van der Waals surface area contributed by atoms with Gasteiger partial charge in [0, 0.05) is 25.1 Å². The van der Waals surface area contributed by atoms with E-state index in [-0.39, 0.29) is 12.3 Å². The topological polar surface area (TPSA) is 57.6 Å². The molecule has 18 heavy (non-hydrogen) atoms. The van der Waals surface area contributed by atoms with E-state index in [2.05, 4.69) is 6.08 Å². The van der Waals surface area contributed by atoms with Crippen LogP contribution in [0.3, 0.4) is 0 Å². The molecular formula is C14H21NO3. The summed E-state index contributed by atoms with van der Waals surface area (Å²) in [6.45, 7) is 0.814. The van der Waals surface area contributed by atoms with Crippen LogP contribution in [0.5, 0.6) is 0 Å². The number of likely N-dealkylation sites (tertiary alicyclic amines) is 1. The Hall–Kier alpha value is -1.32. The highest BCUT2D eigenvalue weighted by Crippen LogP contribution is 2.35. The van der Waals surface area contributed by atoms with Gasteiger partial charge in [0.05, 0.1) is 0 Å². The average Bonchev–Trinajstić information content (AvgIpc) is 2.37. The van der Waals surface area contributed by atoms with Gasteiger partial charge in [0.2, 0.25) is 5.91 Å². The molecule has 1 aliphatic heterocycles. The summed E-state index contributed by atoms with van der Waals surface area (Å²) in [5.74, 6) is -0.152. The molecule has 4 heteroatoms. The molecule has 0 aromatic heterocycles. The molecule has 2 rings (SSSR count). The normalized spacial score (nSPS) is 23.2. The van der Waals surface area contributed by atoms with Gasteiger partial charge in [-0.25, -0.2) is 0 Å². The van der Waals surface area contributed by atoms with Crippen LogP contribution in [0, 0.1) is 5.92 Å². The molecular weight excluding hydrogens is 230 g/mol. The van der Waals surface area contributed by atoms with Crippen molar-refractivity contribution in [3.63, 3.8) is 0 Å². The van der Waals surface area contributed by atoms with Gasteiger partial charge >= 0.3 is 5.97 Å². The molecule has 0 spiro atoms. The zero-order valence-electron chi connectivity index (χ0n) is 10.7. The van der Waals surface area contributed by atoms with Crippen LogP contribution in [-0.4, -0.2) is 28.4 Å². The van der Waals surface area contributed by atoms with Crippen molar-refractivity contribution in [3.8, 4) is 0 Å². The van der Waals surface area contributed by atoms with Crippen LogP contribution in [0.2, 0.25) is 0 Å². The van der Waals surface area contributed by atoms with E-state index < -0.39 is 5.97 Å². The van der Waals surface area contributed by atoms with E-state index in [9.17, 15) is 9.59 Å². The second-order valence-electron chi connectivity index (χ2n) is 5.19. The fraction of sp³-hybridized carbons (Fsp3) is 0.714. The van der Waals surface area contributed by atoms with Crippen LogP contribution < -0.4 is 0 Å². The summed E-state index contributed by atoms with van der Waals surface area (Å²) in [5, 5.41) is 8.59. The number of rotatable bonds is 4. The Balaban J connectivity index is 1.92. The van der Waals surface area contributed by atoms with Crippen molar-refractivity contribution in [3.05, 3.63) is 11.8 Å². The van der Waals surface area contributed by atoms with Crippen molar-refractivity contribution in [1.82, 2.24) is 4.90 Å². The second-order valence-corrected chi connectivity index (χ2v) is 5.19. The van der Waals surface area contributed by atoms with Crippen LogP contribution in [0.15, 0.2) is 11.8 Å². The van der Waals surface area contributed by atoms with Crippen LogP contribution in [0.1, 0.15) is 51.4 Å². The van der Waals surface area contributed by atoms with E-state index in [0.717, 1.165) is 19.4 Å². The first kappa shape index (κ1) is 13.1. The van der Waals surface area contributed by atoms with Gasteiger partial charge in [0.1, 0.15) is 0 Å². The zero-order valence-corrected chi connectivity index (χ0v) is 10.7. The summed E-state index contributed by atoms with van der Waals surface area (Å²) in [5.41, 5.74) is 1.22. The summed E-state index contributed by atoms with van der Waals surface area (Å²) in [7, 11) is 0. The van der Waals surface area contributed by atoms with Gasteiger partial charge in [-0.1, -0.05) is 6.08 Å². The number of hydrogen-bond acceptors (Lipinski definition) is 2. The predicted molar refractivity (Wildman–Crippen MR) is 67.9 cm³/mol. The minimum atomic E-state index is -0.823. The molecule has 1 unspecified atom stereocenters. The highest BCUT2D eigenvalue weighted by molar-refractivity contribution is 5.79.